The summed E-state index contributed by atoms with van der Waals surface area (Å²) in [6, 6.07) is 0.548. The molecule has 2 fully saturated rings. The summed E-state index contributed by atoms with van der Waals surface area (Å²) >= 11 is 0. The Morgan fingerprint density at radius 3 is 2.40 bits per heavy atom. The van der Waals surface area contributed by atoms with Crippen LogP contribution in [-0.2, 0) is 0 Å². The monoisotopic (exact) mass is 283 g/mol. The number of aliphatic hydroxyl groups excluding tert-OH is 1. The van der Waals surface area contributed by atoms with Crippen molar-refractivity contribution in [1.82, 2.24) is 15.1 Å². The van der Waals surface area contributed by atoms with Crippen molar-refractivity contribution >= 4 is 6.03 Å². The molecule has 1 heterocycles. The Kier molecular flexibility index (Phi) is 5.66. The van der Waals surface area contributed by atoms with Crippen molar-refractivity contribution in [2.75, 3.05) is 33.7 Å². The molecule has 2 aliphatic rings. The normalized spacial score (nSPS) is 23.1. The lowest BCUT2D eigenvalue weighted by atomic mass is 9.99. The van der Waals surface area contributed by atoms with E-state index in [0.717, 1.165) is 25.9 Å². The van der Waals surface area contributed by atoms with E-state index < -0.39 is 0 Å². The summed E-state index contributed by atoms with van der Waals surface area (Å²) in [5.74, 6) is 0.498. The lowest BCUT2D eigenvalue weighted by Gasteiger charge is -2.34. The molecule has 2 amide bonds. The zero-order chi connectivity index (χ0) is 14.5. The highest BCUT2D eigenvalue weighted by atomic mass is 16.3. The zero-order valence-electron chi connectivity index (χ0n) is 12.8. The molecule has 5 nitrogen and oxygen atoms in total. The van der Waals surface area contributed by atoms with Gasteiger partial charge in [0.15, 0.2) is 0 Å². The molecule has 0 bridgehead atoms. The van der Waals surface area contributed by atoms with Gasteiger partial charge in [0.25, 0.3) is 0 Å². The van der Waals surface area contributed by atoms with E-state index in [1.54, 1.807) is 19.0 Å². The van der Waals surface area contributed by atoms with E-state index in [2.05, 4.69) is 5.32 Å². The summed E-state index contributed by atoms with van der Waals surface area (Å²) in [5, 5.41) is 13.6. The fraction of sp³-hybridized carbons (Fsp3) is 0.933. The van der Waals surface area contributed by atoms with E-state index in [0.29, 0.717) is 18.5 Å². The molecule has 0 aromatic heterocycles. The second-order valence-electron chi connectivity index (χ2n) is 6.46. The molecule has 1 saturated heterocycles. The Morgan fingerprint density at radius 1 is 1.25 bits per heavy atom. The van der Waals surface area contributed by atoms with Crippen LogP contribution in [0.2, 0.25) is 0 Å². The minimum Gasteiger partial charge on any atom is -0.392 e. The summed E-state index contributed by atoms with van der Waals surface area (Å²) in [6.45, 7) is 2.33. The van der Waals surface area contributed by atoms with Crippen molar-refractivity contribution in [3.8, 4) is 0 Å². The number of carbonyl (C=O) groups excluding carboxylic acids is 1. The summed E-state index contributed by atoms with van der Waals surface area (Å²) < 4.78 is 0. The molecule has 1 unspecified atom stereocenters. The number of carbonyl (C=O) groups is 1. The molecule has 0 radical (unpaired) electrons. The van der Waals surface area contributed by atoms with Gasteiger partial charge in [0.1, 0.15) is 0 Å². The predicted octanol–water partition coefficient (Wildman–Crippen LogP) is 1.27. The third kappa shape index (κ3) is 4.09. The Morgan fingerprint density at radius 2 is 1.85 bits per heavy atom. The lowest BCUT2D eigenvalue weighted by molar-refractivity contribution is 0.0997. The van der Waals surface area contributed by atoms with Crippen molar-refractivity contribution in [3.05, 3.63) is 0 Å². The molecule has 1 aliphatic carbocycles. The minimum absolute atomic E-state index is 0.106. The fourth-order valence-corrected chi connectivity index (χ4v) is 3.35. The molecule has 2 rings (SSSR count). The number of urea groups is 1. The number of amides is 2. The lowest BCUT2D eigenvalue weighted by Crippen LogP contribution is -2.49. The van der Waals surface area contributed by atoms with Crippen LogP contribution in [0.3, 0.4) is 0 Å². The number of likely N-dealkylation sites (tertiary alicyclic amines) is 1. The molecule has 0 spiro atoms. The maximum Gasteiger partial charge on any atom is 0.319 e. The topological polar surface area (TPSA) is 55.8 Å². The second kappa shape index (κ2) is 7.27. The Labute approximate surface area is 122 Å². The van der Waals surface area contributed by atoms with Gasteiger partial charge in [-0.25, -0.2) is 4.79 Å². The van der Waals surface area contributed by atoms with Gasteiger partial charge in [-0.15, -0.1) is 0 Å². The highest BCUT2D eigenvalue weighted by molar-refractivity contribution is 5.73. The van der Waals surface area contributed by atoms with Crippen LogP contribution in [-0.4, -0.2) is 66.8 Å². The van der Waals surface area contributed by atoms with E-state index in [-0.39, 0.29) is 12.1 Å². The maximum atomic E-state index is 11.8. The molecule has 0 aromatic carbocycles. The quantitative estimate of drug-likeness (QED) is 0.817. The van der Waals surface area contributed by atoms with Crippen LogP contribution in [0, 0.1) is 5.92 Å². The highest BCUT2D eigenvalue weighted by Crippen LogP contribution is 2.27. The van der Waals surface area contributed by atoms with Gasteiger partial charge in [0.2, 0.25) is 0 Å². The zero-order valence-corrected chi connectivity index (χ0v) is 12.8. The molecule has 0 aromatic rings. The Bertz CT molecular complexity index is 308. The van der Waals surface area contributed by atoms with Crippen molar-refractivity contribution in [2.24, 2.45) is 5.92 Å². The molecule has 5 heteroatoms. The minimum atomic E-state index is -0.195. The average molecular weight is 283 g/mol. The number of aliphatic hydroxyl groups is 1. The van der Waals surface area contributed by atoms with E-state index >= 15 is 0 Å². The first-order valence-electron chi connectivity index (χ1n) is 7.95. The van der Waals surface area contributed by atoms with E-state index in [4.69, 9.17) is 0 Å². The Balaban J connectivity index is 1.65. The molecular formula is C15H29N3O2. The summed E-state index contributed by atoms with van der Waals surface area (Å²) in [4.78, 5) is 15.4. The first-order valence-corrected chi connectivity index (χ1v) is 7.95. The SMILES string of the molecule is CN(C)C(=O)N1CCC(NCC(O)C2CCCC2)CC1. The number of hydrogen-bond acceptors (Lipinski definition) is 3. The highest BCUT2D eigenvalue weighted by Gasteiger charge is 2.26. The number of rotatable bonds is 4. The first kappa shape index (κ1) is 15.6. The van der Waals surface area contributed by atoms with E-state index in [1.165, 1.54) is 25.7 Å². The van der Waals surface area contributed by atoms with Gasteiger partial charge < -0.3 is 20.2 Å². The van der Waals surface area contributed by atoms with Gasteiger partial charge in [0.05, 0.1) is 6.10 Å². The molecule has 1 atom stereocenters. The molecule has 116 valence electrons. The van der Waals surface area contributed by atoms with Crippen molar-refractivity contribution < 1.29 is 9.90 Å². The number of hydrogen-bond donors (Lipinski definition) is 2. The van der Waals surface area contributed by atoms with Crippen LogP contribution in [0.5, 0.6) is 0 Å². The van der Waals surface area contributed by atoms with E-state index in [9.17, 15) is 9.90 Å². The van der Waals surface area contributed by atoms with Crippen molar-refractivity contribution in [1.29, 1.82) is 0 Å². The van der Waals surface area contributed by atoms with E-state index in [1.807, 2.05) is 4.90 Å². The van der Waals surface area contributed by atoms with Crippen LogP contribution in [0.25, 0.3) is 0 Å². The standard InChI is InChI=1S/C15H29N3O2/c1-17(2)15(20)18-9-7-13(8-10-18)16-11-14(19)12-5-3-4-6-12/h12-14,16,19H,3-11H2,1-2H3. The number of nitrogens with zero attached hydrogens (tertiary/aromatic N) is 2. The van der Waals surface area contributed by atoms with Crippen LogP contribution < -0.4 is 5.32 Å². The fourth-order valence-electron chi connectivity index (χ4n) is 3.35. The number of nitrogens with one attached hydrogen (secondary N) is 1. The largest absolute Gasteiger partial charge is 0.392 e. The van der Waals surface area contributed by atoms with Gasteiger partial charge in [-0.2, -0.15) is 0 Å². The van der Waals surface area contributed by atoms with Gasteiger partial charge in [-0.05, 0) is 31.6 Å². The summed E-state index contributed by atoms with van der Waals surface area (Å²) in [7, 11) is 3.59. The third-order valence-corrected chi connectivity index (χ3v) is 4.71. The maximum absolute atomic E-state index is 11.8. The summed E-state index contributed by atoms with van der Waals surface area (Å²) in [6.07, 6.45) is 6.67. The van der Waals surface area contributed by atoms with Crippen LogP contribution in [0.4, 0.5) is 4.79 Å². The van der Waals surface area contributed by atoms with Gasteiger partial charge in [-0.1, -0.05) is 12.8 Å². The summed E-state index contributed by atoms with van der Waals surface area (Å²) in [5.41, 5.74) is 0. The second-order valence-corrected chi connectivity index (χ2v) is 6.46. The van der Waals surface area contributed by atoms with Crippen molar-refractivity contribution in [3.63, 3.8) is 0 Å². The number of piperidine rings is 1. The molecule has 20 heavy (non-hydrogen) atoms. The Hall–Kier alpha value is -0.810. The van der Waals surface area contributed by atoms with Gasteiger partial charge in [-0.3, -0.25) is 0 Å². The van der Waals surface area contributed by atoms with Crippen LogP contribution >= 0.6 is 0 Å². The molecule has 1 aliphatic heterocycles. The van der Waals surface area contributed by atoms with Crippen LogP contribution in [0.1, 0.15) is 38.5 Å². The third-order valence-electron chi connectivity index (χ3n) is 4.71. The smallest absolute Gasteiger partial charge is 0.319 e. The average Bonchev–Trinajstić information content (AvgIpc) is 2.98. The van der Waals surface area contributed by atoms with Crippen molar-refractivity contribution in [2.45, 2.75) is 50.7 Å². The van der Waals surface area contributed by atoms with Gasteiger partial charge in [0, 0.05) is 39.8 Å². The molecule has 1 saturated carbocycles. The molecule has 2 N–H and O–H groups in total. The van der Waals surface area contributed by atoms with Crippen LogP contribution in [0.15, 0.2) is 0 Å². The predicted molar refractivity (Wildman–Crippen MR) is 79.6 cm³/mol. The van der Waals surface area contributed by atoms with Gasteiger partial charge >= 0.3 is 6.03 Å². The first-order chi connectivity index (χ1) is 9.58. The molecular weight excluding hydrogens is 254 g/mol.